The van der Waals surface area contributed by atoms with Gasteiger partial charge in [-0.2, -0.15) is 4.98 Å². The highest BCUT2D eigenvalue weighted by atomic mass is 16.5. The molecule has 1 heterocycles. The van der Waals surface area contributed by atoms with Crippen LogP contribution in [0.1, 0.15) is 70.1 Å². The van der Waals surface area contributed by atoms with Gasteiger partial charge < -0.3 is 10.3 Å². The molecule has 0 aliphatic heterocycles. The lowest BCUT2D eigenvalue weighted by Gasteiger charge is -2.09. The van der Waals surface area contributed by atoms with E-state index in [4.69, 9.17) is 10.3 Å². The monoisotopic (exact) mass is 237 g/mol. The molecule has 4 heteroatoms. The first-order valence-corrected chi connectivity index (χ1v) is 6.70. The fourth-order valence-electron chi connectivity index (χ4n) is 2.51. The van der Waals surface area contributed by atoms with Crippen LogP contribution in [0.4, 0.5) is 0 Å². The summed E-state index contributed by atoms with van der Waals surface area (Å²) in [5.41, 5.74) is 6.01. The van der Waals surface area contributed by atoms with Crippen molar-refractivity contribution >= 4 is 0 Å². The van der Waals surface area contributed by atoms with Gasteiger partial charge in [-0.3, -0.25) is 0 Å². The summed E-state index contributed by atoms with van der Waals surface area (Å²) in [6.45, 7) is 6.39. The maximum Gasteiger partial charge on any atom is 0.243 e. The summed E-state index contributed by atoms with van der Waals surface area (Å²) in [4.78, 5) is 4.48. The molecule has 0 spiro atoms. The van der Waals surface area contributed by atoms with Crippen molar-refractivity contribution in [3.63, 3.8) is 0 Å². The van der Waals surface area contributed by atoms with Crippen molar-refractivity contribution in [2.75, 3.05) is 0 Å². The molecule has 4 nitrogen and oxygen atoms in total. The molecular formula is C13H23N3O. The zero-order valence-electron chi connectivity index (χ0n) is 11.0. The molecule has 96 valence electrons. The molecule has 0 bridgehead atoms. The van der Waals surface area contributed by atoms with E-state index < -0.39 is 0 Å². The van der Waals surface area contributed by atoms with Gasteiger partial charge in [-0.15, -0.1) is 0 Å². The Kier molecular flexibility index (Phi) is 3.82. The molecule has 0 aromatic carbocycles. The summed E-state index contributed by atoms with van der Waals surface area (Å²) in [7, 11) is 0. The minimum absolute atomic E-state index is 0.139. The Hall–Kier alpha value is -0.900. The third-order valence-electron chi connectivity index (χ3n) is 3.94. The molecule has 2 N–H and O–H groups in total. The molecule has 0 amide bonds. The Bertz CT molecular complexity index is 361. The maximum atomic E-state index is 6.01. The number of hydrogen-bond acceptors (Lipinski definition) is 4. The molecule has 3 unspecified atom stereocenters. The standard InChI is InChI=1S/C13H23N3O/c1-4-9-5-6-10(7-9)12-15-13(17-16-12)11(14)8(2)3/h8-11H,4-7,14H2,1-3H3. The predicted molar refractivity (Wildman–Crippen MR) is 66.4 cm³/mol. The lowest BCUT2D eigenvalue weighted by molar-refractivity contribution is 0.320. The highest BCUT2D eigenvalue weighted by Crippen LogP contribution is 2.38. The summed E-state index contributed by atoms with van der Waals surface area (Å²) in [6.07, 6.45) is 4.94. The Labute approximate surface area is 103 Å². The number of hydrogen-bond donors (Lipinski definition) is 1. The average molecular weight is 237 g/mol. The van der Waals surface area contributed by atoms with Gasteiger partial charge in [-0.1, -0.05) is 32.3 Å². The van der Waals surface area contributed by atoms with E-state index >= 15 is 0 Å². The zero-order valence-corrected chi connectivity index (χ0v) is 11.0. The van der Waals surface area contributed by atoms with Crippen molar-refractivity contribution in [3.05, 3.63) is 11.7 Å². The zero-order chi connectivity index (χ0) is 12.4. The lowest BCUT2D eigenvalue weighted by Crippen LogP contribution is -2.17. The summed E-state index contributed by atoms with van der Waals surface area (Å²) in [6, 6.07) is -0.139. The van der Waals surface area contributed by atoms with E-state index in [1.54, 1.807) is 0 Å². The van der Waals surface area contributed by atoms with Crippen LogP contribution in [0, 0.1) is 11.8 Å². The molecule has 1 aromatic rings. The molecule has 1 aliphatic carbocycles. The normalized spacial score (nSPS) is 26.6. The first kappa shape index (κ1) is 12.6. The van der Waals surface area contributed by atoms with Crippen LogP contribution in [-0.4, -0.2) is 10.1 Å². The molecule has 3 atom stereocenters. The van der Waals surface area contributed by atoms with Crippen LogP contribution in [0.5, 0.6) is 0 Å². The van der Waals surface area contributed by atoms with Gasteiger partial charge >= 0.3 is 0 Å². The van der Waals surface area contributed by atoms with Gasteiger partial charge in [0.2, 0.25) is 5.89 Å². The molecule has 1 aromatic heterocycles. The van der Waals surface area contributed by atoms with Crippen molar-refractivity contribution in [2.45, 2.75) is 58.4 Å². The Balaban J connectivity index is 2.04. The largest absolute Gasteiger partial charge is 0.338 e. The van der Waals surface area contributed by atoms with Gasteiger partial charge in [0.25, 0.3) is 0 Å². The van der Waals surface area contributed by atoms with Gasteiger partial charge in [0.15, 0.2) is 5.82 Å². The quantitative estimate of drug-likeness (QED) is 0.874. The Morgan fingerprint density at radius 1 is 1.41 bits per heavy atom. The third-order valence-corrected chi connectivity index (χ3v) is 3.94. The van der Waals surface area contributed by atoms with Crippen molar-refractivity contribution in [1.29, 1.82) is 0 Å². The van der Waals surface area contributed by atoms with E-state index in [1.807, 2.05) is 0 Å². The Morgan fingerprint density at radius 3 is 2.76 bits per heavy atom. The van der Waals surface area contributed by atoms with Crippen molar-refractivity contribution in [1.82, 2.24) is 10.1 Å². The van der Waals surface area contributed by atoms with E-state index in [9.17, 15) is 0 Å². The molecule has 1 saturated carbocycles. The summed E-state index contributed by atoms with van der Waals surface area (Å²) in [5.74, 6) is 3.11. The van der Waals surface area contributed by atoms with Crippen LogP contribution >= 0.6 is 0 Å². The lowest BCUT2D eigenvalue weighted by atomic mass is 10.0. The van der Waals surface area contributed by atoms with Gasteiger partial charge in [-0.25, -0.2) is 0 Å². The van der Waals surface area contributed by atoms with E-state index in [1.165, 1.54) is 25.7 Å². The summed E-state index contributed by atoms with van der Waals surface area (Å²) < 4.78 is 5.28. The van der Waals surface area contributed by atoms with Crippen LogP contribution < -0.4 is 5.73 Å². The molecule has 2 rings (SSSR count). The smallest absolute Gasteiger partial charge is 0.243 e. The van der Waals surface area contributed by atoms with Gasteiger partial charge in [0, 0.05) is 5.92 Å². The second-order valence-electron chi connectivity index (χ2n) is 5.54. The summed E-state index contributed by atoms with van der Waals surface area (Å²) >= 11 is 0. The first-order chi connectivity index (χ1) is 8.11. The number of rotatable bonds is 4. The van der Waals surface area contributed by atoms with Gasteiger partial charge in [0.05, 0.1) is 6.04 Å². The van der Waals surface area contributed by atoms with Gasteiger partial charge in [0.1, 0.15) is 0 Å². The molecule has 1 fully saturated rings. The number of aromatic nitrogens is 2. The van der Waals surface area contributed by atoms with Crippen LogP contribution in [0.15, 0.2) is 4.52 Å². The molecule has 0 saturated heterocycles. The van der Waals surface area contributed by atoms with Crippen molar-refractivity contribution in [3.8, 4) is 0 Å². The van der Waals surface area contributed by atoms with Crippen LogP contribution in [0.25, 0.3) is 0 Å². The van der Waals surface area contributed by atoms with Gasteiger partial charge in [-0.05, 0) is 31.1 Å². The molecule has 17 heavy (non-hydrogen) atoms. The second-order valence-corrected chi connectivity index (χ2v) is 5.54. The topological polar surface area (TPSA) is 64.9 Å². The van der Waals surface area contributed by atoms with Crippen molar-refractivity contribution in [2.24, 2.45) is 17.6 Å². The van der Waals surface area contributed by atoms with E-state index in [0.29, 0.717) is 17.7 Å². The number of nitrogens with two attached hydrogens (primary N) is 1. The van der Waals surface area contributed by atoms with Crippen LogP contribution in [-0.2, 0) is 0 Å². The minimum Gasteiger partial charge on any atom is -0.338 e. The Morgan fingerprint density at radius 2 is 2.18 bits per heavy atom. The molecular weight excluding hydrogens is 214 g/mol. The third kappa shape index (κ3) is 2.68. The SMILES string of the molecule is CCC1CCC(c2noc(C(N)C(C)C)n2)C1. The molecule has 1 aliphatic rings. The minimum atomic E-state index is -0.139. The molecule has 0 radical (unpaired) electrons. The predicted octanol–water partition coefficient (Wildman–Crippen LogP) is 3.02. The number of nitrogens with zero attached hydrogens (tertiary/aromatic N) is 2. The maximum absolute atomic E-state index is 6.01. The highest BCUT2D eigenvalue weighted by Gasteiger charge is 2.29. The van der Waals surface area contributed by atoms with E-state index in [-0.39, 0.29) is 6.04 Å². The first-order valence-electron chi connectivity index (χ1n) is 6.70. The fraction of sp³-hybridized carbons (Fsp3) is 0.846. The average Bonchev–Trinajstić information content (AvgIpc) is 2.96. The van der Waals surface area contributed by atoms with E-state index in [0.717, 1.165) is 11.7 Å². The summed E-state index contributed by atoms with van der Waals surface area (Å²) in [5, 5.41) is 4.10. The van der Waals surface area contributed by atoms with E-state index in [2.05, 4.69) is 30.9 Å². The fourth-order valence-corrected chi connectivity index (χ4v) is 2.51. The van der Waals surface area contributed by atoms with Crippen LogP contribution in [0.3, 0.4) is 0 Å². The second kappa shape index (κ2) is 5.17. The van der Waals surface area contributed by atoms with Crippen molar-refractivity contribution < 1.29 is 4.52 Å². The van der Waals surface area contributed by atoms with Crippen LogP contribution in [0.2, 0.25) is 0 Å². The highest BCUT2D eigenvalue weighted by molar-refractivity contribution is 5.01.